The summed E-state index contributed by atoms with van der Waals surface area (Å²) in [6, 6.07) is 5.72. The van der Waals surface area contributed by atoms with Crippen molar-refractivity contribution < 1.29 is 14.3 Å². The molecule has 5 heteroatoms. The molecule has 1 aromatic carbocycles. The van der Waals surface area contributed by atoms with Gasteiger partial charge in [-0.3, -0.25) is 4.79 Å². The molecule has 0 atom stereocenters. The zero-order chi connectivity index (χ0) is 14.0. The highest BCUT2D eigenvalue weighted by Gasteiger charge is 2.39. The number of ether oxygens (including phenoxy) is 2. The number of rotatable bonds is 4. The highest BCUT2D eigenvalue weighted by molar-refractivity contribution is 5.83. The van der Waals surface area contributed by atoms with Crippen molar-refractivity contribution in [2.45, 2.75) is 32.2 Å². The van der Waals surface area contributed by atoms with E-state index in [2.05, 4.69) is 5.32 Å². The number of nitrogens with one attached hydrogen (secondary N) is 1. The van der Waals surface area contributed by atoms with E-state index in [1.807, 2.05) is 18.2 Å². The lowest BCUT2D eigenvalue weighted by Crippen LogP contribution is -2.43. The Balaban J connectivity index is 1.63. The monoisotopic (exact) mass is 276 g/mol. The van der Waals surface area contributed by atoms with Crippen molar-refractivity contribution in [3.8, 4) is 11.5 Å². The average molecular weight is 276 g/mol. The molecule has 2 aliphatic rings. The number of hydrogen-bond acceptors (Lipinski definition) is 4. The first kappa shape index (κ1) is 13.2. The lowest BCUT2D eigenvalue weighted by atomic mass is 9.85. The topological polar surface area (TPSA) is 73.6 Å². The second-order valence-corrected chi connectivity index (χ2v) is 5.56. The molecular formula is C15H20N2O3. The zero-order valence-corrected chi connectivity index (χ0v) is 11.5. The molecule has 1 saturated carbocycles. The van der Waals surface area contributed by atoms with Crippen LogP contribution in [-0.2, 0) is 11.3 Å². The summed E-state index contributed by atoms with van der Waals surface area (Å²) in [5, 5.41) is 3.01. The summed E-state index contributed by atoms with van der Waals surface area (Å²) < 4.78 is 10.6. The molecule has 1 fully saturated rings. The summed E-state index contributed by atoms with van der Waals surface area (Å²) in [6.45, 7) is 1.19. The Hall–Kier alpha value is -1.75. The first-order valence-corrected chi connectivity index (χ1v) is 7.10. The van der Waals surface area contributed by atoms with Crippen molar-refractivity contribution in [2.75, 3.05) is 13.3 Å². The number of amides is 1. The summed E-state index contributed by atoms with van der Waals surface area (Å²) in [5.74, 6) is 1.58. The van der Waals surface area contributed by atoms with E-state index in [4.69, 9.17) is 15.2 Å². The molecule has 1 heterocycles. The van der Waals surface area contributed by atoms with Crippen LogP contribution in [0.1, 0.15) is 31.2 Å². The largest absolute Gasteiger partial charge is 0.454 e. The molecule has 0 unspecified atom stereocenters. The molecule has 1 amide bonds. The van der Waals surface area contributed by atoms with Gasteiger partial charge in [-0.15, -0.1) is 0 Å². The third-order valence-corrected chi connectivity index (χ3v) is 4.32. The van der Waals surface area contributed by atoms with Crippen molar-refractivity contribution in [3.63, 3.8) is 0 Å². The minimum Gasteiger partial charge on any atom is -0.454 e. The molecule has 1 aromatic rings. The third kappa shape index (κ3) is 2.33. The Morgan fingerprint density at radius 3 is 2.75 bits per heavy atom. The molecule has 108 valence electrons. The van der Waals surface area contributed by atoms with Crippen LogP contribution in [0.4, 0.5) is 0 Å². The Bertz CT molecular complexity index is 510. The standard InChI is InChI=1S/C15H20N2O3/c16-9-15(5-1-2-6-15)14(18)17-8-11-3-4-12-13(7-11)20-10-19-12/h3-4,7H,1-2,5-6,8-10,16H2,(H,17,18). The fourth-order valence-corrected chi connectivity index (χ4v) is 3.00. The smallest absolute Gasteiger partial charge is 0.231 e. The molecule has 3 N–H and O–H groups in total. The van der Waals surface area contributed by atoms with Crippen LogP contribution in [0, 0.1) is 5.41 Å². The summed E-state index contributed by atoms with van der Waals surface area (Å²) in [7, 11) is 0. The number of benzene rings is 1. The van der Waals surface area contributed by atoms with E-state index in [-0.39, 0.29) is 18.1 Å². The molecule has 1 aliphatic heterocycles. The van der Waals surface area contributed by atoms with Gasteiger partial charge < -0.3 is 20.5 Å². The quantitative estimate of drug-likeness (QED) is 0.875. The van der Waals surface area contributed by atoms with Gasteiger partial charge in [0.05, 0.1) is 5.41 Å². The van der Waals surface area contributed by atoms with Gasteiger partial charge in [-0.05, 0) is 30.5 Å². The maximum absolute atomic E-state index is 12.4. The molecule has 0 radical (unpaired) electrons. The number of carbonyl (C=O) groups excluding carboxylic acids is 1. The lowest BCUT2D eigenvalue weighted by Gasteiger charge is -2.25. The minimum absolute atomic E-state index is 0.0789. The van der Waals surface area contributed by atoms with Crippen LogP contribution < -0.4 is 20.5 Å². The highest BCUT2D eigenvalue weighted by atomic mass is 16.7. The SMILES string of the molecule is NCC1(C(=O)NCc2ccc3c(c2)OCO3)CCCC1. The van der Waals surface area contributed by atoms with Gasteiger partial charge in [0.25, 0.3) is 0 Å². The van der Waals surface area contributed by atoms with Crippen LogP contribution in [-0.4, -0.2) is 19.2 Å². The van der Waals surface area contributed by atoms with Gasteiger partial charge in [-0.25, -0.2) is 0 Å². The van der Waals surface area contributed by atoms with Crippen LogP contribution in [0.25, 0.3) is 0 Å². The average Bonchev–Trinajstić information content (AvgIpc) is 3.13. The molecular weight excluding hydrogens is 256 g/mol. The van der Waals surface area contributed by atoms with Gasteiger partial charge in [0.2, 0.25) is 12.7 Å². The molecule has 3 rings (SSSR count). The van der Waals surface area contributed by atoms with Crippen LogP contribution in [0.3, 0.4) is 0 Å². The Labute approximate surface area is 118 Å². The predicted octanol–water partition coefficient (Wildman–Crippen LogP) is 1.55. The van der Waals surface area contributed by atoms with E-state index >= 15 is 0 Å². The second-order valence-electron chi connectivity index (χ2n) is 5.56. The van der Waals surface area contributed by atoms with Crippen molar-refractivity contribution in [2.24, 2.45) is 11.1 Å². The van der Waals surface area contributed by atoms with Crippen LogP contribution in [0.2, 0.25) is 0 Å². The minimum atomic E-state index is -0.351. The van der Waals surface area contributed by atoms with E-state index in [1.165, 1.54) is 0 Å². The van der Waals surface area contributed by atoms with Crippen molar-refractivity contribution in [1.29, 1.82) is 0 Å². The van der Waals surface area contributed by atoms with Gasteiger partial charge in [-0.2, -0.15) is 0 Å². The fourth-order valence-electron chi connectivity index (χ4n) is 3.00. The van der Waals surface area contributed by atoms with Gasteiger partial charge >= 0.3 is 0 Å². The number of carbonyl (C=O) groups is 1. The molecule has 0 spiro atoms. The molecule has 0 bridgehead atoms. The first-order chi connectivity index (χ1) is 9.73. The Morgan fingerprint density at radius 1 is 1.25 bits per heavy atom. The van der Waals surface area contributed by atoms with Crippen LogP contribution in [0.5, 0.6) is 11.5 Å². The van der Waals surface area contributed by atoms with Crippen molar-refractivity contribution >= 4 is 5.91 Å². The summed E-state index contributed by atoms with van der Waals surface area (Å²) in [6.07, 6.45) is 3.98. The maximum Gasteiger partial charge on any atom is 0.231 e. The van der Waals surface area contributed by atoms with E-state index in [1.54, 1.807) is 0 Å². The maximum atomic E-state index is 12.4. The van der Waals surface area contributed by atoms with E-state index in [9.17, 15) is 4.79 Å². The third-order valence-electron chi connectivity index (χ3n) is 4.32. The van der Waals surface area contributed by atoms with E-state index in [0.29, 0.717) is 13.1 Å². The first-order valence-electron chi connectivity index (χ1n) is 7.10. The molecule has 20 heavy (non-hydrogen) atoms. The van der Waals surface area contributed by atoms with Gasteiger partial charge in [0.15, 0.2) is 11.5 Å². The highest BCUT2D eigenvalue weighted by Crippen LogP contribution is 2.37. The van der Waals surface area contributed by atoms with E-state index < -0.39 is 0 Å². The van der Waals surface area contributed by atoms with E-state index in [0.717, 1.165) is 42.7 Å². The zero-order valence-electron chi connectivity index (χ0n) is 11.5. The van der Waals surface area contributed by atoms with Crippen LogP contribution in [0.15, 0.2) is 18.2 Å². The second kappa shape index (κ2) is 5.32. The van der Waals surface area contributed by atoms with Crippen molar-refractivity contribution in [3.05, 3.63) is 23.8 Å². The normalized spacial score (nSPS) is 19.1. The Kier molecular flexibility index (Phi) is 3.53. The number of nitrogens with two attached hydrogens (primary N) is 1. The van der Waals surface area contributed by atoms with Gasteiger partial charge in [0.1, 0.15) is 0 Å². The molecule has 0 aromatic heterocycles. The Morgan fingerprint density at radius 2 is 2.00 bits per heavy atom. The van der Waals surface area contributed by atoms with Crippen LogP contribution >= 0.6 is 0 Å². The van der Waals surface area contributed by atoms with Gasteiger partial charge in [0, 0.05) is 13.1 Å². The lowest BCUT2D eigenvalue weighted by molar-refractivity contribution is -0.130. The molecule has 1 aliphatic carbocycles. The van der Waals surface area contributed by atoms with Crippen molar-refractivity contribution in [1.82, 2.24) is 5.32 Å². The summed E-state index contributed by atoms with van der Waals surface area (Å²) in [5.41, 5.74) is 6.47. The summed E-state index contributed by atoms with van der Waals surface area (Å²) >= 11 is 0. The number of hydrogen-bond donors (Lipinski definition) is 2. The molecule has 5 nitrogen and oxygen atoms in total. The number of fused-ring (bicyclic) bond motifs is 1. The fraction of sp³-hybridized carbons (Fsp3) is 0.533. The predicted molar refractivity (Wildman–Crippen MR) is 74.4 cm³/mol. The van der Waals surface area contributed by atoms with Gasteiger partial charge in [-0.1, -0.05) is 18.9 Å². The molecule has 0 saturated heterocycles. The summed E-state index contributed by atoms with van der Waals surface area (Å²) in [4.78, 5) is 12.4.